The van der Waals surface area contributed by atoms with Gasteiger partial charge in [0.05, 0.1) is 5.52 Å². The maximum atomic E-state index is 12.0. The molecule has 0 spiro atoms. The summed E-state index contributed by atoms with van der Waals surface area (Å²) in [7, 11) is 0. The van der Waals surface area contributed by atoms with E-state index < -0.39 is 0 Å². The Hall–Kier alpha value is -1.64. The van der Waals surface area contributed by atoms with Gasteiger partial charge in [-0.2, -0.15) is 0 Å². The van der Waals surface area contributed by atoms with Crippen LogP contribution < -0.4 is 5.56 Å². The molecule has 2 heterocycles. The molecule has 2 aromatic heterocycles. The van der Waals surface area contributed by atoms with E-state index in [1.807, 2.05) is 12.3 Å². The summed E-state index contributed by atoms with van der Waals surface area (Å²) in [5, 5.41) is 1.09. The molecule has 2 rings (SSSR count). The van der Waals surface area contributed by atoms with Crippen LogP contribution in [0.3, 0.4) is 0 Å². The van der Waals surface area contributed by atoms with Gasteiger partial charge in [0, 0.05) is 23.3 Å². The molecule has 0 fully saturated rings. The molecule has 0 aromatic carbocycles. The highest BCUT2D eigenvalue weighted by molar-refractivity contribution is 5.81. The molecule has 0 atom stereocenters. The van der Waals surface area contributed by atoms with Crippen LogP contribution in [0.25, 0.3) is 10.9 Å². The van der Waals surface area contributed by atoms with Gasteiger partial charge >= 0.3 is 0 Å². The smallest absolute Gasteiger partial charge is 0.251 e. The summed E-state index contributed by atoms with van der Waals surface area (Å²) in [6, 6.07) is 1.87. The van der Waals surface area contributed by atoms with Crippen molar-refractivity contribution in [3.05, 3.63) is 39.9 Å². The molecule has 17 heavy (non-hydrogen) atoms. The lowest BCUT2D eigenvalue weighted by molar-refractivity contribution is 0.852. The van der Waals surface area contributed by atoms with E-state index >= 15 is 0 Å². The van der Waals surface area contributed by atoms with Gasteiger partial charge in [0.1, 0.15) is 0 Å². The normalized spacial score (nSPS) is 10.9. The summed E-state index contributed by atoms with van der Waals surface area (Å²) < 4.78 is 0. The predicted octanol–water partition coefficient (Wildman–Crippen LogP) is 2.83. The van der Waals surface area contributed by atoms with Crippen LogP contribution in [0.15, 0.2) is 23.3 Å². The molecule has 0 amide bonds. The fourth-order valence-corrected chi connectivity index (χ4v) is 2.29. The van der Waals surface area contributed by atoms with Crippen molar-refractivity contribution in [1.29, 1.82) is 0 Å². The minimum Gasteiger partial charge on any atom is -0.322 e. The molecule has 3 nitrogen and oxygen atoms in total. The van der Waals surface area contributed by atoms with Crippen molar-refractivity contribution >= 4 is 10.9 Å². The second kappa shape index (κ2) is 5.13. The number of hydrogen-bond acceptors (Lipinski definition) is 2. The number of rotatable bonds is 4. The summed E-state index contributed by atoms with van der Waals surface area (Å²) in [6.45, 7) is 4.24. The van der Waals surface area contributed by atoms with Crippen molar-refractivity contribution in [3.63, 3.8) is 0 Å². The molecule has 0 aliphatic rings. The summed E-state index contributed by atoms with van der Waals surface area (Å²) in [5.74, 6) is 0. The molecule has 2 aromatic rings. The zero-order valence-electron chi connectivity index (χ0n) is 10.4. The Morgan fingerprint density at radius 1 is 1.18 bits per heavy atom. The summed E-state index contributed by atoms with van der Waals surface area (Å²) >= 11 is 0. The molecular weight excluding hydrogens is 212 g/mol. The Balaban J connectivity index is 2.73. The van der Waals surface area contributed by atoms with Gasteiger partial charge in [0.2, 0.25) is 0 Å². The van der Waals surface area contributed by atoms with Gasteiger partial charge in [-0.1, -0.05) is 26.7 Å². The van der Waals surface area contributed by atoms with Crippen LogP contribution in [0.4, 0.5) is 0 Å². The fourth-order valence-electron chi connectivity index (χ4n) is 2.29. The minimum absolute atomic E-state index is 0.0639. The zero-order valence-corrected chi connectivity index (χ0v) is 10.4. The van der Waals surface area contributed by atoms with Crippen LogP contribution in [0, 0.1) is 0 Å². The number of nitrogens with zero attached hydrogens (tertiary/aromatic N) is 1. The summed E-state index contributed by atoms with van der Waals surface area (Å²) in [6.07, 6.45) is 7.40. The number of H-pyrrole nitrogens is 1. The van der Waals surface area contributed by atoms with E-state index in [0.717, 1.165) is 42.1 Å². The average molecular weight is 230 g/mol. The number of aromatic amines is 1. The first-order chi connectivity index (χ1) is 8.27. The van der Waals surface area contributed by atoms with Crippen molar-refractivity contribution in [3.8, 4) is 0 Å². The molecule has 1 N–H and O–H groups in total. The molecule has 3 heteroatoms. The quantitative estimate of drug-likeness (QED) is 0.877. The van der Waals surface area contributed by atoms with Crippen LogP contribution >= 0.6 is 0 Å². The lowest BCUT2D eigenvalue weighted by Gasteiger charge is -2.10. The monoisotopic (exact) mass is 230 g/mol. The van der Waals surface area contributed by atoms with Gasteiger partial charge < -0.3 is 4.98 Å². The third-order valence-corrected chi connectivity index (χ3v) is 3.03. The largest absolute Gasteiger partial charge is 0.322 e. The third-order valence-electron chi connectivity index (χ3n) is 3.03. The van der Waals surface area contributed by atoms with Crippen LogP contribution in [-0.4, -0.2) is 9.97 Å². The summed E-state index contributed by atoms with van der Waals surface area (Å²) in [5.41, 5.74) is 3.08. The SMILES string of the molecule is CCCc1c(CCC)c2cnccc2[nH]c1=O. The van der Waals surface area contributed by atoms with Gasteiger partial charge in [-0.25, -0.2) is 0 Å². The summed E-state index contributed by atoms with van der Waals surface area (Å²) in [4.78, 5) is 19.2. The highest BCUT2D eigenvalue weighted by Gasteiger charge is 2.10. The van der Waals surface area contributed by atoms with Gasteiger partial charge in [-0.3, -0.25) is 9.78 Å². The molecule has 90 valence electrons. The zero-order chi connectivity index (χ0) is 12.3. The Morgan fingerprint density at radius 2 is 1.88 bits per heavy atom. The van der Waals surface area contributed by atoms with E-state index in [1.165, 1.54) is 5.56 Å². The highest BCUT2D eigenvalue weighted by atomic mass is 16.1. The minimum atomic E-state index is 0.0639. The van der Waals surface area contributed by atoms with Gasteiger partial charge in [0.25, 0.3) is 5.56 Å². The highest BCUT2D eigenvalue weighted by Crippen LogP contribution is 2.19. The molecule has 0 radical (unpaired) electrons. The Labute approximate surface area is 101 Å². The van der Waals surface area contributed by atoms with Crippen molar-refractivity contribution in [2.75, 3.05) is 0 Å². The second-order valence-corrected chi connectivity index (χ2v) is 4.33. The van der Waals surface area contributed by atoms with Crippen LogP contribution in [-0.2, 0) is 12.8 Å². The van der Waals surface area contributed by atoms with Crippen molar-refractivity contribution in [1.82, 2.24) is 9.97 Å². The van der Waals surface area contributed by atoms with Crippen molar-refractivity contribution < 1.29 is 0 Å². The van der Waals surface area contributed by atoms with Crippen LogP contribution in [0.1, 0.15) is 37.8 Å². The van der Waals surface area contributed by atoms with E-state index in [0.29, 0.717) is 0 Å². The second-order valence-electron chi connectivity index (χ2n) is 4.33. The average Bonchev–Trinajstić information content (AvgIpc) is 2.34. The lowest BCUT2D eigenvalue weighted by atomic mass is 9.98. The number of nitrogens with one attached hydrogen (secondary N) is 1. The third kappa shape index (κ3) is 2.23. The van der Waals surface area contributed by atoms with Crippen molar-refractivity contribution in [2.45, 2.75) is 39.5 Å². The van der Waals surface area contributed by atoms with E-state index in [1.54, 1.807) is 6.20 Å². The molecular formula is C14H18N2O. The topological polar surface area (TPSA) is 45.8 Å². The number of fused-ring (bicyclic) bond motifs is 1. The molecule has 0 saturated carbocycles. The maximum Gasteiger partial charge on any atom is 0.251 e. The molecule has 0 aliphatic carbocycles. The van der Waals surface area contributed by atoms with Crippen LogP contribution in [0.5, 0.6) is 0 Å². The standard InChI is InChI=1S/C14H18N2O/c1-3-5-10-11(6-4-2)14(17)16-13-7-8-15-9-12(10)13/h7-9H,3-6H2,1-2H3,(H,16,17). The first-order valence-electron chi connectivity index (χ1n) is 6.25. The number of hydrogen-bond donors (Lipinski definition) is 1. The van der Waals surface area contributed by atoms with E-state index in [9.17, 15) is 4.79 Å². The number of pyridine rings is 2. The molecule has 0 unspecified atom stereocenters. The van der Waals surface area contributed by atoms with E-state index in [2.05, 4.69) is 23.8 Å². The first-order valence-corrected chi connectivity index (χ1v) is 6.25. The van der Waals surface area contributed by atoms with E-state index in [-0.39, 0.29) is 5.56 Å². The van der Waals surface area contributed by atoms with Gasteiger partial charge in [-0.05, 0) is 24.5 Å². The predicted molar refractivity (Wildman–Crippen MR) is 70.4 cm³/mol. The number of aryl methyl sites for hydroxylation is 1. The Bertz CT molecular complexity index is 572. The molecule has 0 saturated heterocycles. The van der Waals surface area contributed by atoms with Gasteiger partial charge in [0.15, 0.2) is 0 Å². The molecule has 0 bridgehead atoms. The maximum absolute atomic E-state index is 12.0. The fraction of sp³-hybridized carbons (Fsp3) is 0.429. The Kier molecular flexibility index (Phi) is 3.57. The lowest BCUT2D eigenvalue weighted by Crippen LogP contribution is -2.16. The van der Waals surface area contributed by atoms with Crippen LogP contribution in [0.2, 0.25) is 0 Å². The van der Waals surface area contributed by atoms with Gasteiger partial charge in [-0.15, -0.1) is 0 Å². The molecule has 0 aliphatic heterocycles. The Morgan fingerprint density at radius 3 is 2.59 bits per heavy atom. The van der Waals surface area contributed by atoms with Crippen molar-refractivity contribution in [2.24, 2.45) is 0 Å². The first kappa shape index (κ1) is 11.8. The van der Waals surface area contributed by atoms with E-state index in [4.69, 9.17) is 0 Å². The number of aromatic nitrogens is 2.